The van der Waals surface area contributed by atoms with Gasteiger partial charge in [-0.15, -0.1) is 0 Å². The van der Waals surface area contributed by atoms with Crippen LogP contribution in [-0.4, -0.2) is 29.5 Å². The molecule has 6 heteroatoms. The highest BCUT2D eigenvalue weighted by atomic mass is 19.1. The molecule has 0 bridgehead atoms. The van der Waals surface area contributed by atoms with Crippen molar-refractivity contribution < 1.29 is 18.7 Å². The molecule has 0 fully saturated rings. The van der Waals surface area contributed by atoms with Crippen LogP contribution in [0.15, 0.2) is 24.3 Å². The molecule has 0 aliphatic heterocycles. The topological polar surface area (TPSA) is 60.3 Å². The quantitative estimate of drug-likeness (QED) is 0.169. The number of hydrogen-bond acceptors (Lipinski definition) is 4. The minimum Gasteiger partial charge on any atom is -0.466 e. The molecule has 5 nitrogen and oxygen atoms in total. The van der Waals surface area contributed by atoms with Crippen molar-refractivity contribution >= 4 is 17.4 Å². The number of unbranched alkanes of at least 4 members (excludes halogenated alkanes) is 5. The molecule has 0 radical (unpaired) electrons. The smallest absolute Gasteiger partial charge is 0.305 e. The van der Waals surface area contributed by atoms with Crippen LogP contribution in [0.1, 0.15) is 99.4 Å². The van der Waals surface area contributed by atoms with Gasteiger partial charge in [-0.2, -0.15) is 0 Å². The Balaban J connectivity index is 2.06. The van der Waals surface area contributed by atoms with E-state index in [0.717, 1.165) is 24.2 Å². The number of halogens is 1. The van der Waals surface area contributed by atoms with Crippen molar-refractivity contribution in [2.45, 2.75) is 85.0 Å². The van der Waals surface area contributed by atoms with Crippen LogP contribution in [0.5, 0.6) is 0 Å². The number of aryl methyl sites for hydroxylation is 1. The van der Waals surface area contributed by atoms with Gasteiger partial charge in [0.15, 0.2) is 5.78 Å². The van der Waals surface area contributed by atoms with Crippen molar-refractivity contribution in [3.05, 3.63) is 52.6 Å². The van der Waals surface area contributed by atoms with Gasteiger partial charge in [0.05, 0.1) is 12.3 Å². The maximum absolute atomic E-state index is 14.4. The molecule has 0 amide bonds. The van der Waals surface area contributed by atoms with E-state index in [-0.39, 0.29) is 17.6 Å². The van der Waals surface area contributed by atoms with Crippen LogP contribution in [-0.2, 0) is 29.4 Å². The maximum atomic E-state index is 14.4. The van der Waals surface area contributed by atoms with Gasteiger partial charge >= 0.3 is 5.97 Å². The molecule has 2 aromatic rings. The van der Waals surface area contributed by atoms with Crippen molar-refractivity contribution in [2.75, 3.05) is 18.5 Å². The molecule has 0 aliphatic rings. The van der Waals surface area contributed by atoms with Gasteiger partial charge in [-0.1, -0.05) is 46.0 Å². The normalized spacial score (nSPS) is 11.0. The number of ketones is 1. The zero-order chi connectivity index (χ0) is 24.9. The number of carbonyl (C=O) groups is 2. The largest absolute Gasteiger partial charge is 0.466 e. The summed E-state index contributed by atoms with van der Waals surface area (Å²) >= 11 is 0. The van der Waals surface area contributed by atoms with E-state index in [2.05, 4.69) is 12.2 Å². The van der Waals surface area contributed by atoms with Crippen molar-refractivity contribution in [3.8, 4) is 0 Å². The lowest BCUT2D eigenvalue weighted by Gasteiger charge is -2.10. The zero-order valence-electron chi connectivity index (χ0n) is 21.3. The minimum atomic E-state index is -0.342. The summed E-state index contributed by atoms with van der Waals surface area (Å²) in [6.45, 7) is 7.09. The van der Waals surface area contributed by atoms with Gasteiger partial charge in [-0.25, -0.2) is 4.39 Å². The third kappa shape index (κ3) is 8.00. The van der Waals surface area contributed by atoms with Crippen molar-refractivity contribution in [1.29, 1.82) is 0 Å². The predicted octanol–water partition coefficient (Wildman–Crippen LogP) is 6.62. The molecule has 0 atom stereocenters. The highest BCUT2D eigenvalue weighted by molar-refractivity contribution is 6.10. The molecule has 1 aromatic heterocycles. The van der Waals surface area contributed by atoms with Crippen LogP contribution in [0.25, 0.3) is 0 Å². The van der Waals surface area contributed by atoms with Crippen LogP contribution < -0.4 is 5.32 Å². The lowest BCUT2D eigenvalue weighted by molar-refractivity contribution is -0.143. The highest BCUT2D eigenvalue weighted by Gasteiger charge is 2.20. The van der Waals surface area contributed by atoms with Gasteiger partial charge in [0, 0.05) is 42.5 Å². The van der Waals surface area contributed by atoms with Gasteiger partial charge < -0.3 is 14.6 Å². The summed E-state index contributed by atoms with van der Waals surface area (Å²) in [7, 11) is 1.95. The van der Waals surface area contributed by atoms with E-state index in [4.69, 9.17) is 4.74 Å². The molecular formula is C28H41FN2O3. The van der Waals surface area contributed by atoms with Crippen molar-refractivity contribution in [3.63, 3.8) is 0 Å². The van der Waals surface area contributed by atoms with Crippen molar-refractivity contribution in [1.82, 2.24) is 4.57 Å². The molecule has 1 N–H and O–H groups in total. The van der Waals surface area contributed by atoms with Crippen LogP contribution in [0.4, 0.5) is 10.1 Å². The second-order valence-corrected chi connectivity index (χ2v) is 8.79. The number of nitrogens with one attached hydrogen (secondary N) is 1. The number of ether oxygens (including phenoxy) is 1. The molecule has 1 heterocycles. The fraction of sp³-hybridized carbons (Fsp3) is 0.571. The first-order valence-electron chi connectivity index (χ1n) is 12.8. The van der Waals surface area contributed by atoms with E-state index in [1.807, 2.05) is 24.6 Å². The second kappa shape index (κ2) is 14.6. The zero-order valence-corrected chi connectivity index (χ0v) is 21.3. The van der Waals surface area contributed by atoms with Gasteiger partial charge in [-0.05, 0) is 56.9 Å². The standard InChI is InChI=1S/C28H41FN2O3/c1-5-8-9-10-11-12-18-30-25-19-21(16-17-24(25)29)28(33)23-20-22(31(4)26(23)6-2)14-13-15-27(32)34-7-3/h16-17,19-20,30H,5-15,18H2,1-4H3. The molecule has 1 aromatic carbocycles. The fourth-order valence-electron chi connectivity index (χ4n) is 4.30. The van der Waals surface area contributed by atoms with E-state index in [9.17, 15) is 14.0 Å². The number of hydrogen-bond donors (Lipinski definition) is 1. The number of nitrogens with zero attached hydrogens (tertiary/aromatic N) is 1. The minimum absolute atomic E-state index is 0.105. The highest BCUT2D eigenvalue weighted by Crippen LogP contribution is 2.24. The predicted molar refractivity (Wildman–Crippen MR) is 136 cm³/mol. The van der Waals surface area contributed by atoms with Crippen molar-refractivity contribution in [2.24, 2.45) is 7.05 Å². The Morgan fingerprint density at radius 2 is 1.74 bits per heavy atom. The second-order valence-electron chi connectivity index (χ2n) is 8.79. The summed E-state index contributed by atoms with van der Waals surface area (Å²) in [6.07, 6.45) is 9.45. The van der Waals surface area contributed by atoms with Gasteiger partial charge in [-0.3, -0.25) is 9.59 Å². The van der Waals surface area contributed by atoms with E-state index in [0.29, 0.717) is 55.6 Å². The van der Waals surface area contributed by atoms with E-state index in [1.54, 1.807) is 19.1 Å². The summed E-state index contributed by atoms with van der Waals surface area (Å²) in [6, 6.07) is 6.47. The SMILES string of the molecule is CCCCCCCCNc1cc(C(=O)c2cc(CCCC(=O)OCC)n(C)c2CC)ccc1F. The average Bonchev–Trinajstić information content (AvgIpc) is 3.14. The summed E-state index contributed by atoms with van der Waals surface area (Å²) < 4.78 is 21.4. The number of rotatable bonds is 16. The van der Waals surface area contributed by atoms with Crippen LogP contribution in [0.2, 0.25) is 0 Å². The van der Waals surface area contributed by atoms with Crippen LogP contribution in [0, 0.1) is 5.82 Å². The summed E-state index contributed by atoms with van der Waals surface area (Å²) in [4.78, 5) is 25.0. The van der Waals surface area contributed by atoms with Gasteiger partial charge in [0.2, 0.25) is 0 Å². The van der Waals surface area contributed by atoms with E-state index >= 15 is 0 Å². The van der Waals surface area contributed by atoms with Crippen LogP contribution in [0.3, 0.4) is 0 Å². The Morgan fingerprint density at radius 3 is 2.44 bits per heavy atom. The number of anilines is 1. The van der Waals surface area contributed by atoms with Gasteiger partial charge in [0.25, 0.3) is 0 Å². The first-order chi connectivity index (χ1) is 16.4. The molecule has 2 rings (SSSR count). The number of aromatic nitrogens is 1. The Morgan fingerprint density at radius 1 is 1.00 bits per heavy atom. The first kappa shape index (κ1) is 27.6. The monoisotopic (exact) mass is 472 g/mol. The fourth-order valence-corrected chi connectivity index (χ4v) is 4.30. The third-order valence-corrected chi connectivity index (χ3v) is 6.23. The van der Waals surface area contributed by atoms with Gasteiger partial charge in [0.1, 0.15) is 5.82 Å². The Labute approximate surface area is 204 Å². The molecule has 0 saturated carbocycles. The number of carbonyl (C=O) groups excluding carboxylic acids is 2. The molecule has 0 saturated heterocycles. The Hall–Kier alpha value is -2.63. The molecular weight excluding hydrogens is 431 g/mol. The Kier molecular flexibility index (Phi) is 11.9. The lowest BCUT2D eigenvalue weighted by Crippen LogP contribution is -2.09. The Bertz CT molecular complexity index is 936. The summed E-state index contributed by atoms with van der Waals surface area (Å²) in [5.41, 5.74) is 3.45. The summed E-state index contributed by atoms with van der Waals surface area (Å²) in [5, 5.41) is 3.17. The van der Waals surface area contributed by atoms with E-state index < -0.39 is 0 Å². The molecule has 0 aliphatic carbocycles. The average molecular weight is 473 g/mol. The molecule has 0 spiro atoms. The molecule has 188 valence electrons. The summed E-state index contributed by atoms with van der Waals surface area (Å²) in [5.74, 6) is -0.645. The number of benzene rings is 1. The third-order valence-electron chi connectivity index (χ3n) is 6.23. The molecule has 34 heavy (non-hydrogen) atoms. The molecule has 0 unspecified atom stereocenters. The van der Waals surface area contributed by atoms with E-state index in [1.165, 1.54) is 31.7 Å². The first-order valence-corrected chi connectivity index (χ1v) is 12.8. The number of esters is 1. The lowest BCUT2D eigenvalue weighted by atomic mass is 10.0. The van der Waals surface area contributed by atoms with Crippen LogP contribution >= 0.6 is 0 Å². The maximum Gasteiger partial charge on any atom is 0.305 e.